The fourth-order valence-corrected chi connectivity index (χ4v) is 2.26. The van der Waals surface area contributed by atoms with Crippen LogP contribution in [0.5, 0.6) is 0 Å². The van der Waals surface area contributed by atoms with Crippen molar-refractivity contribution in [3.63, 3.8) is 0 Å². The summed E-state index contributed by atoms with van der Waals surface area (Å²) in [5.41, 5.74) is 0.128. The van der Waals surface area contributed by atoms with Crippen LogP contribution in [-0.2, 0) is 9.53 Å². The molecule has 132 valence electrons. The van der Waals surface area contributed by atoms with Crippen LogP contribution in [0, 0.1) is 5.92 Å². The van der Waals surface area contributed by atoms with Crippen molar-refractivity contribution in [2.75, 3.05) is 44.3 Å². The number of aromatic nitrogens is 2. The molecule has 1 aliphatic rings. The van der Waals surface area contributed by atoms with Gasteiger partial charge in [-0.15, -0.1) is 0 Å². The lowest BCUT2D eigenvalue weighted by molar-refractivity contribution is -0.123. The highest BCUT2D eigenvalue weighted by molar-refractivity contribution is 6.33. The molecule has 8 nitrogen and oxygen atoms in total. The Bertz CT molecular complexity index is 590. The van der Waals surface area contributed by atoms with Crippen LogP contribution in [0.3, 0.4) is 0 Å². The number of nitrogens with zero attached hydrogens (tertiary/aromatic N) is 3. The van der Waals surface area contributed by atoms with Crippen molar-refractivity contribution in [1.29, 1.82) is 0 Å². The average molecular weight is 356 g/mol. The number of ether oxygens (including phenoxy) is 1. The number of morpholine rings is 1. The Balaban J connectivity index is 1.92. The molecular formula is C15H22ClN5O3. The summed E-state index contributed by atoms with van der Waals surface area (Å²) in [4.78, 5) is 34.1. The molecular weight excluding hydrogens is 334 g/mol. The summed E-state index contributed by atoms with van der Waals surface area (Å²) in [6.07, 6.45) is 1.43. The third-order valence-corrected chi connectivity index (χ3v) is 3.75. The molecule has 0 atom stereocenters. The highest BCUT2D eigenvalue weighted by atomic mass is 35.5. The molecule has 0 unspecified atom stereocenters. The molecule has 1 aromatic heterocycles. The van der Waals surface area contributed by atoms with E-state index in [4.69, 9.17) is 16.3 Å². The molecule has 0 saturated carbocycles. The zero-order chi connectivity index (χ0) is 17.5. The fourth-order valence-electron chi connectivity index (χ4n) is 2.08. The molecule has 9 heteroatoms. The molecule has 2 heterocycles. The molecule has 24 heavy (non-hydrogen) atoms. The highest BCUT2D eigenvalue weighted by Crippen LogP contribution is 2.17. The molecule has 0 aromatic carbocycles. The zero-order valence-corrected chi connectivity index (χ0v) is 14.6. The number of halogens is 1. The number of nitrogens with one attached hydrogen (secondary N) is 2. The fraction of sp³-hybridized carbons (Fsp3) is 0.600. The minimum absolute atomic E-state index is 0.0566. The third kappa shape index (κ3) is 5.04. The summed E-state index contributed by atoms with van der Waals surface area (Å²) in [6, 6.07) is 0. The molecule has 2 amide bonds. The van der Waals surface area contributed by atoms with Gasteiger partial charge in [-0.3, -0.25) is 9.59 Å². The maximum atomic E-state index is 12.2. The normalized spacial score (nSPS) is 14.6. The second-order valence-electron chi connectivity index (χ2n) is 5.67. The number of hydrogen-bond donors (Lipinski definition) is 2. The Kier molecular flexibility index (Phi) is 6.74. The minimum Gasteiger partial charge on any atom is -0.378 e. The van der Waals surface area contributed by atoms with Gasteiger partial charge in [-0.05, 0) is 0 Å². The Hall–Kier alpha value is -1.93. The van der Waals surface area contributed by atoms with Gasteiger partial charge in [-0.25, -0.2) is 9.97 Å². The van der Waals surface area contributed by atoms with E-state index < -0.39 is 5.91 Å². The summed E-state index contributed by atoms with van der Waals surface area (Å²) in [5.74, 6) is -0.0799. The zero-order valence-electron chi connectivity index (χ0n) is 13.8. The summed E-state index contributed by atoms with van der Waals surface area (Å²) in [6.45, 7) is 6.80. The van der Waals surface area contributed by atoms with Crippen molar-refractivity contribution >= 4 is 29.4 Å². The lowest BCUT2D eigenvalue weighted by Crippen LogP contribution is -2.38. The molecule has 1 aliphatic heterocycles. The van der Waals surface area contributed by atoms with E-state index >= 15 is 0 Å². The number of carbonyl (C=O) groups is 2. The van der Waals surface area contributed by atoms with Crippen LogP contribution in [0.25, 0.3) is 0 Å². The number of rotatable bonds is 6. The van der Waals surface area contributed by atoms with Gasteiger partial charge in [0, 0.05) is 32.1 Å². The van der Waals surface area contributed by atoms with Crippen molar-refractivity contribution < 1.29 is 14.3 Å². The van der Waals surface area contributed by atoms with Gasteiger partial charge in [-0.2, -0.15) is 0 Å². The average Bonchev–Trinajstić information content (AvgIpc) is 2.59. The Labute approximate surface area is 145 Å². The molecule has 0 radical (unpaired) electrons. The second kappa shape index (κ2) is 8.79. The van der Waals surface area contributed by atoms with Crippen molar-refractivity contribution in [3.8, 4) is 0 Å². The van der Waals surface area contributed by atoms with Gasteiger partial charge in [0.1, 0.15) is 0 Å². The number of anilines is 1. The Morgan fingerprint density at radius 1 is 1.29 bits per heavy atom. The minimum atomic E-state index is -0.393. The first kappa shape index (κ1) is 18.4. The van der Waals surface area contributed by atoms with E-state index in [2.05, 4.69) is 20.6 Å². The van der Waals surface area contributed by atoms with Crippen LogP contribution in [-0.4, -0.2) is 61.2 Å². The predicted molar refractivity (Wildman–Crippen MR) is 90.3 cm³/mol. The van der Waals surface area contributed by atoms with E-state index in [0.717, 1.165) is 0 Å². The quantitative estimate of drug-likeness (QED) is 0.720. The third-order valence-electron chi connectivity index (χ3n) is 3.47. The first-order chi connectivity index (χ1) is 11.5. The van der Waals surface area contributed by atoms with Gasteiger partial charge < -0.3 is 20.3 Å². The highest BCUT2D eigenvalue weighted by Gasteiger charge is 2.19. The topological polar surface area (TPSA) is 96.5 Å². The van der Waals surface area contributed by atoms with Gasteiger partial charge in [-0.1, -0.05) is 25.4 Å². The predicted octanol–water partition coefficient (Wildman–Crippen LogP) is 0.469. The van der Waals surface area contributed by atoms with E-state index in [9.17, 15) is 9.59 Å². The first-order valence-electron chi connectivity index (χ1n) is 7.90. The monoisotopic (exact) mass is 355 g/mol. The van der Waals surface area contributed by atoms with Crippen LogP contribution >= 0.6 is 11.6 Å². The first-order valence-corrected chi connectivity index (χ1v) is 8.28. The molecule has 0 aliphatic carbocycles. The van der Waals surface area contributed by atoms with Crippen LogP contribution in [0.4, 0.5) is 5.95 Å². The molecule has 2 rings (SSSR count). The smallest absolute Gasteiger partial charge is 0.271 e. The van der Waals surface area contributed by atoms with Crippen LogP contribution in [0.15, 0.2) is 6.20 Å². The van der Waals surface area contributed by atoms with Gasteiger partial charge >= 0.3 is 0 Å². The maximum Gasteiger partial charge on any atom is 0.271 e. The van der Waals surface area contributed by atoms with Gasteiger partial charge in [0.15, 0.2) is 5.69 Å². The molecule has 1 aromatic rings. The van der Waals surface area contributed by atoms with Crippen molar-refractivity contribution in [3.05, 3.63) is 16.9 Å². The van der Waals surface area contributed by atoms with E-state index in [1.54, 1.807) is 0 Å². The molecule has 1 fully saturated rings. The lowest BCUT2D eigenvalue weighted by atomic mass is 10.2. The lowest BCUT2D eigenvalue weighted by Gasteiger charge is -2.26. The maximum absolute atomic E-state index is 12.2. The van der Waals surface area contributed by atoms with E-state index in [1.165, 1.54) is 6.20 Å². The molecule has 2 N–H and O–H groups in total. The number of amides is 2. The summed E-state index contributed by atoms with van der Waals surface area (Å²) >= 11 is 6.04. The summed E-state index contributed by atoms with van der Waals surface area (Å²) in [7, 11) is 0. The van der Waals surface area contributed by atoms with Gasteiger partial charge in [0.25, 0.3) is 5.91 Å². The van der Waals surface area contributed by atoms with Crippen molar-refractivity contribution in [2.45, 2.75) is 13.8 Å². The van der Waals surface area contributed by atoms with Crippen molar-refractivity contribution in [1.82, 2.24) is 20.6 Å². The number of carbonyl (C=O) groups excluding carboxylic acids is 2. The standard InChI is InChI=1S/C15H22ClN5O3/c1-10(2)13(22)17-3-4-18-14(23)12-11(16)9-19-15(20-12)21-5-7-24-8-6-21/h9-10H,3-8H2,1-2H3,(H,17,22)(H,18,23). The van der Waals surface area contributed by atoms with E-state index in [1.807, 2.05) is 18.7 Å². The largest absolute Gasteiger partial charge is 0.378 e. The van der Waals surface area contributed by atoms with Crippen LogP contribution < -0.4 is 15.5 Å². The van der Waals surface area contributed by atoms with E-state index in [-0.39, 0.29) is 22.5 Å². The Morgan fingerprint density at radius 2 is 1.96 bits per heavy atom. The Morgan fingerprint density at radius 3 is 2.62 bits per heavy atom. The molecule has 1 saturated heterocycles. The summed E-state index contributed by atoms with van der Waals surface area (Å²) in [5, 5.41) is 5.61. The van der Waals surface area contributed by atoms with Crippen LogP contribution in [0.2, 0.25) is 5.02 Å². The van der Waals surface area contributed by atoms with Crippen molar-refractivity contribution in [2.24, 2.45) is 5.92 Å². The molecule has 0 spiro atoms. The second-order valence-corrected chi connectivity index (χ2v) is 6.07. The molecule has 0 bridgehead atoms. The van der Waals surface area contributed by atoms with Gasteiger partial charge in [0.2, 0.25) is 11.9 Å². The summed E-state index contributed by atoms with van der Waals surface area (Å²) < 4.78 is 5.29. The van der Waals surface area contributed by atoms with Gasteiger partial charge in [0.05, 0.1) is 24.4 Å². The SMILES string of the molecule is CC(C)C(=O)NCCNC(=O)c1nc(N2CCOCC2)ncc1Cl. The van der Waals surface area contributed by atoms with E-state index in [0.29, 0.717) is 45.3 Å². The van der Waals surface area contributed by atoms with Crippen LogP contribution in [0.1, 0.15) is 24.3 Å². The number of hydrogen-bond acceptors (Lipinski definition) is 6.